The van der Waals surface area contributed by atoms with Gasteiger partial charge in [0.15, 0.2) is 0 Å². The fourth-order valence-electron chi connectivity index (χ4n) is 2.41. The molecule has 114 valence electrons. The lowest BCUT2D eigenvalue weighted by atomic mass is 9.79. The number of rotatable bonds is 3. The molecule has 0 saturated heterocycles. The zero-order valence-electron chi connectivity index (χ0n) is 12.0. The van der Waals surface area contributed by atoms with Gasteiger partial charge in [-0.1, -0.05) is 48.0 Å². The number of amides is 1. The molecule has 3 N–H and O–H groups in total. The largest absolute Gasteiger partial charge is 0.489 e. The minimum Gasteiger partial charge on any atom is -0.423 e. The highest BCUT2D eigenvalue weighted by molar-refractivity contribution is 6.62. The zero-order chi connectivity index (χ0) is 16.4. The highest BCUT2D eigenvalue weighted by Gasteiger charge is 2.18. The van der Waals surface area contributed by atoms with Crippen molar-refractivity contribution in [2.75, 3.05) is 5.32 Å². The molecule has 0 spiro atoms. The van der Waals surface area contributed by atoms with Crippen LogP contribution in [0.1, 0.15) is 10.4 Å². The van der Waals surface area contributed by atoms with Gasteiger partial charge < -0.3 is 15.4 Å². The molecule has 0 heterocycles. The van der Waals surface area contributed by atoms with E-state index in [1.165, 1.54) is 18.2 Å². The van der Waals surface area contributed by atoms with Gasteiger partial charge in [-0.15, -0.1) is 0 Å². The number of carbonyl (C=O) groups excluding carboxylic acids is 1. The van der Waals surface area contributed by atoms with Crippen molar-refractivity contribution in [1.82, 2.24) is 0 Å². The summed E-state index contributed by atoms with van der Waals surface area (Å²) in [5.74, 6) is -0.347. The minimum absolute atomic E-state index is 0.0947. The normalized spacial score (nSPS) is 10.6. The number of fused-ring (bicyclic) bond motifs is 1. The van der Waals surface area contributed by atoms with E-state index in [1.54, 1.807) is 0 Å². The maximum absolute atomic E-state index is 12.4. The molecular weight excluding hydrogens is 312 g/mol. The molecular formula is C17H13BClNO3. The Morgan fingerprint density at radius 1 is 1.00 bits per heavy atom. The maximum atomic E-state index is 12.4. The Balaban J connectivity index is 1.94. The first-order chi connectivity index (χ1) is 11.1. The fourth-order valence-corrected chi connectivity index (χ4v) is 2.63. The van der Waals surface area contributed by atoms with Crippen molar-refractivity contribution in [2.24, 2.45) is 0 Å². The van der Waals surface area contributed by atoms with E-state index >= 15 is 0 Å². The summed E-state index contributed by atoms with van der Waals surface area (Å²) in [4.78, 5) is 12.4. The van der Waals surface area contributed by atoms with Crippen molar-refractivity contribution >= 4 is 46.5 Å². The lowest BCUT2D eigenvalue weighted by Crippen LogP contribution is -2.32. The highest BCUT2D eigenvalue weighted by Crippen LogP contribution is 2.23. The summed E-state index contributed by atoms with van der Waals surface area (Å²) in [6, 6.07) is 17.7. The van der Waals surface area contributed by atoms with Crippen LogP contribution in [0.3, 0.4) is 0 Å². The number of benzene rings is 3. The second-order valence-corrected chi connectivity index (χ2v) is 5.50. The van der Waals surface area contributed by atoms with E-state index in [0.717, 1.165) is 10.8 Å². The number of nitrogens with one attached hydrogen (secondary N) is 1. The number of hydrogen-bond acceptors (Lipinski definition) is 3. The van der Waals surface area contributed by atoms with Crippen LogP contribution in [0.25, 0.3) is 10.8 Å². The van der Waals surface area contributed by atoms with Crippen LogP contribution in [-0.2, 0) is 0 Å². The monoisotopic (exact) mass is 325 g/mol. The van der Waals surface area contributed by atoms with Crippen molar-refractivity contribution in [2.45, 2.75) is 0 Å². The molecule has 4 nitrogen and oxygen atoms in total. The Morgan fingerprint density at radius 2 is 1.74 bits per heavy atom. The molecule has 0 fully saturated rings. The molecule has 0 aliphatic rings. The summed E-state index contributed by atoms with van der Waals surface area (Å²) in [6.07, 6.45) is 0. The molecule has 0 atom stereocenters. The molecule has 6 heteroatoms. The molecule has 0 aliphatic heterocycles. The Hall–Kier alpha value is -2.34. The van der Waals surface area contributed by atoms with Crippen LogP contribution in [0, 0.1) is 0 Å². The maximum Gasteiger partial charge on any atom is 0.489 e. The highest BCUT2D eigenvalue weighted by atomic mass is 35.5. The van der Waals surface area contributed by atoms with E-state index in [0.29, 0.717) is 11.3 Å². The van der Waals surface area contributed by atoms with E-state index in [4.69, 9.17) is 11.6 Å². The Labute approximate surface area is 138 Å². The third-order valence-electron chi connectivity index (χ3n) is 3.57. The SMILES string of the molecule is O=C(Nc1cccc2ccccc12)c1ccc(Cl)c(B(O)O)c1. The minimum atomic E-state index is -1.73. The molecule has 0 bridgehead atoms. The average molecular weight is 326 g/mol. The van der Waals surface area contributed by atoms with Gasteiger partial charge >= 0.3 is 7.12 Å². The number of anilines is 1. The molecule has 23 heavy (non-hydrogen) atoms. The quantitative estimate of drug-likeness (QED) is 0.648. The summed E-state index contributed by atoms with van der Waals surface area (Å²) in [6.45, 7) is 0. The third-order valence-corrected chi connectivity index (χ3v) is 3.92. The fraction of sp³-hybridized carbons (Fsp3) is 0. The zero-order valence-corrected chi connectivity index (χ0v) is 12.8. The summed E-state index contributed by atoms with van der Waals surface area (Å²) >= 11 is 5.88. The first-order valence-electron chi connectivity index (χ1n) is 7.01. The van der Waals surface area contributed by atoms with Crippen LogP contribution in [-0.4, -0.2) is 23.1 Å². The van der Waals surface area contributed by atoms with Crippen LogP contribution in [0.4, 0.5) is 5.69 Å². The van der Waals surface area contributed by atoms with Gasteiger partial charge in [-0.3, -0.25) is 4.79 Å². The summed E-state index contributed by atoms with van der Waals surface area (Å²) in [5, 5.41) is 23.6. The Kier molecular flexibility index (Phi) is 4.34. The number of hydrogen-bond donors (Lipinski definition) is 3. The van der Waals surface area contributed by atoms with Gasteiger partial charge in [-0.25, -0.2) is 0 Å². The van der Waals surface area contributed by atoms with Crippen molar-refractivity contribution in [3.05, 3.63) is 71.2 Å². The van der Waals surface area contributed by atoms with Crippen LogP contribution >= 0.6 is 11.6 Å². The van der Waals surface area contributed by atoms with Crippen molar-refractivity contribution in [3.8, 4) is 0 Å². The molecule has 1 amide bonds. The Bertz CT molecular complexity index is 877. The van der Waals surface area contributed by atoms with Gasteiger partial charge in [0.1, 0.15) is 0 Å². The summed E-state index contributed by atoms with van der Waals surface area (Å²) < 4.78 is 0. The van der Waals surface area contributed by atoms with Gasteiger partial charge in [-0.2, -0.15) is 0 Å². The summed E-state index contributed by atoms with van der Waals surface area (Å²) in [7, 11) is -1.73. The lowest BCUT2D eigenvalue weighted by molar-refractivity contribution is 0.102. The van der Waals surface area contributed by atoms with Gasteiger partial charge in [0, 0.05) is 27.1 Å². The second kappa shape index (κ2) is 6.42. The molecule has 0 aliphatic carbocycles. The van der Waals surface area contributed by atoms with Crippen LogP contribution in [0.15, 0.2) is 60.7 Å². The van der Waals surface area contributed by atoms with Gasteiger partial charge in [-0.05, 0) is 29.7 Å². The van der Waals surface area contributed by atoms with Gasteiger partial charge in [0.2, 0.25) is 0 Å². The molecule has 0 saturated carbocycles. The predicted molar refractivity (Wildman–Crippen MR) is 93.2 cm³/mol. The van der Waals surface area contributed by atoms with E-state index in [1.807, 2.05) is 42.5 Å². The van der Waals surface area contributed by atoms with Crippen LogP contribution < -0.4 is 10.8 Å². The van der Waals surface area contributed by atoms with Gasteiger partial charge in [0.25, 0.3) is 5.91 Å². The molecule has 3 rings (SSSR count). The van der Waals surface area contributed by atoms with Crippen molar-refractivity contribution < 1.29 is 14.8 Å². The predicted octanol–water partition coefficient (Wildman–Crippen LogP) is 2.43. The third kappa shape index (κ3) is 3.22. The molecule has 0 radical (unpaired) electrons. The van der Waals surface area contributed by atoms with Crippen molar-refractivity contribution in [1.29, 1.82) is 0 Å². The summed E-state index contributed by atoms with van der Waals surface area (Å²) in [5.41, 5.74) is 1.08. The van der Waals surface area contributed by atoms with E-state index in [9.17, 15) is 14.8 Å². The van der Waals surface area contributed by atoms with Crippen LogP contribution in [0.2, 0.25) is 5.02 Å². The first-order valence-corrected chi connectivity index (χ1v) is 7.39. The smallest absolute Gasteiger partial charge is 0.423 e. The lowest BCUT2D eigenvalue weighted by Gasteiger charge is -2.10. The molecule has 3 aromatic rings. The first kappa shape index (κ1) is 15.6. The van der Waals surface area contributed by atoms with Crippen molar-refractivity contribution in [3.63, 3.8) is 0 Å². The number of carbonyl (C=O) groups is 1. The van der Waals surface area contributed by atoms with E-state index in [-0.39, 0.29) is 16.4 Å². The van der Waals surface area contributed by atoms with Crippen LogP contribution in [0.5, 0.6) is 0 Å². The van der Waals surface area contributed by atoms with E-state index < -0.39 is 7.12 Å². The van der Waals surface area contributed by atoms with E-state index in [2.05, 4.69) is 5.32 Å². The standard InChI is InChI=1S/C17H13BClNO3/c19-15-9-8-12(10-14(15)18(22)23)17(21)20-16-7-3-5-11-4-1-2-6-13(11)16/h1-10,22-23H,(H,20,21). The molecule has 3 aromatic carbocycles. The topological polar surface area (TPSA) is 69.6 Å². The molecule has 0 aromatic heterocycles. The average Bonchev–Trinajstić information content (AvgIpc) is 2.55. The molecule has 0 unspecified atom stereocenters. The second-order valence-electron chi connectivity index (χ2n) is 5.09. The van der Waals surface area contributed by atoms with Gasteiger partial charge in [0.05, 0.1) is 0 Å². The Morgan fingerprint density at radius 3 is 2.52 bits per heavy atom. The number of halogens is 1.